The largest absolute Gasteiger partial charge is 0.468 e. The predicted molar refractivity (Wildman–Crippen MR) is 109 cm³/mol. The Morgan fingerprint density at radius 3 is 2.36 bits per heavy atom. The molecule has 0 fully saturated rings. The van der Waals surface area contributed by atoms with Crippen molar-refractivity contribution in [1.82, 2.24) is 5.32 Å². The Hall–Kier alpha value is -3.38. The van der Waals surface area contributed by atoms with Crippen LogP contribution < -0.4 is 15.5 Å². The average Bonchev–Trinajstić information content (AvgIpc) is 3.23. The Labute approximate surface area is 164 Å². The van der Waals surface area contributed by atoms with Gasteiger partial charge in [-0.1, -0.05) is 18.2 Å². The van der Waals surface area contributed by atoms with Crippen LogP contribution in [-0.2, 0) is 11.3 Å². The minimum atomic E-state index is -0.162. The summed E-state index contributed by atoms with van der Waals surface area (Å²) in [5.74, 6) is 0.534. The molecule has 2 N–H and O–H groups in total. The van der Waals surface area contributed by atoms with Crippen molar-refractivity contribution in [1.29, 1.82) is 0 Å². The van der Waals surface area contributed by atoms with Crippen molar-refractivity contribution in [2.45, 2.75) is 13.5 Å². The highest BCUT2D eigenvalue weighted by atomic mass is 16.3. The first-order valence-corrected chi connectivity index (χ1v) is 9.17. The quantitative estimate of drug-likeness (QED) is 0.628. The van der Waals surface area contributed by atoms with Gasteiger partial charge in [-0.15, -0.1) is 0 Å². The van der Waals surface area contributed by atoms with Gasteiger partial charge >= 0.3 is 0 Å². The maximum absolute atomic E-state index is 12.8. The van der Waals surface area contributed by atoms with Crippen LogP contribution in [0.4, 0.5) is 11.4 Å². The zero-order valence-electron chi connectivity index (χ0n) is 15.7. The lowest BCUT2D eigenvalue weighted by atomic mass is 10.1. The van der Waals surface area contributed by atoms with Crippen molar-refractivity contribution in [3.05, 3.63) is 84.3 Å². The molecule has 2 aromatic carbocycles. The minimum Gasteiger partial charge on any atom is -0.468 e. The summed E-state index contributed by atoms with van der Waals surface area (Å²) < 4.78 is 5.20. The summed E-state index contributed by atoms with van der Waals surface area (Å²) in [7, 11) is 0. The molecule has 0 saturated carbocycles. The molecule has 1 heterocycles. The smallest absolute Gasteiger partial charge is 0.258 e. The fraction of sp³-hybridized carbons (Fsp3) is 0.182. The number of hydrogen-bond donors (Lipinski definition) is 2. The number of para-hydroxylation sites is 1. The number of rotatable bonds is 8. The lowest BCUT2D eigenvalue weighted by molar-refractivity contribution is -0.115. The van der Waals surface area contributed by atoms with E-state index in [-0.39, 0.29) is 18.4 Å². The summed E-state index contributed by atoms with van der Waals surface area (Å²) in [6.07, 6.45) is 1.59. The van der Waals surface area contributed by atoms with Gasteiger partial charge in [0.25, 0.3) is 5.91 Å². The summed E-state index contributed by atoms with van der Waals surface area (Å²) in [5.41, 5.74) is 2.07. The maximum Gasteiger partial charge on any atom is 0.258 e. The van der Waals surface area contributed by atoms with Gasteiger partial charge in [-0.2, -0.15) is 0 Å². The van der Waals surface area contributed by atoms with Crippen LogP contribution in [0, 0.1) is 0 Å². The van der Waals surface area contributed by atoms with Gasteiger partial charge < -0.3 is 20.0 Å². The molecule has 2 amide bonds. The van der Waals surface area contributed by atoms with Gasteiger partial charge in [0, 0.05) is 23.5 Å². The van der Waals surface area contributed by atoms with Crippen LogP contribution in [0.5, 0.6) is 0 Å². The first-order valence-electron chi connectivity index (χ1n) is 9.17. The van der Waals surface area contributed by atoms with E-state index in [1.54, 1.807) is 41.5 Å². The number of furan rings is 1. The number of nitrogens with one attached hydrogen (secondary N) is 2. The lowest BCUT2D eigenvalue weighted by Gasteiger charge is -2.21. The standard InChI is InChI=1S/C22H23N3O3/c1-2-25(19-7-4-3-5-8-19)22(27)17-10-12-18(13-11-17)24-21(26)16-23-15-20-9-6-14-28-20/h3-14,23H,2,15-16H2,1H3,(H,24,26). The van der Waals surface area contributed by atoms with Crippen molar-refractivity contribution in [3.63, 3.8) is 0 Å². The predicted octanol–water partition coefficient (Wildman–Crippen LogP) is 3.67. The minimum absolute atomic E-state index is 0.0771. The third kappa shape index (κ3) is 5.08. The van der Waals surface area contributed by atoms with E-state index in [4.69, 9.17) is 4.42 Å². The van der Waals surface area contributed by atoms with Crippen molar-refractivity contribution < 1.29 is 14.0 Å². The molecule has 0 aliphatic rings. The summed E-state index contributed by atoms with van der Waals surface area (Å²) in [6.45, 7) is 3.16. The van der Waals surface area contributed by atoms with Crippen molar-refractivity contribution in [3.8, 4) is 0 Å². The molecule has 6 heteroatoms. The van der Waals surface area contributed by atoms with Gasteiger partial charge in [0.1, 0.15) is 5.76 Å². The highest BCUT2D eigenvalue weighted by molar-refractivity contribution is 6.06. The van der Waals surface area contributed by atoms with Crippen LogP contribution in [0.25, 0.3) is 0 Å². The van der Waals surface area contributed by atoms with Crippen LogP contribution in [0.15, 0.2) is 77.4 Å². The normalized spacial score (nSPS) is 10.5. The number of benzene rings is 2. The molecular weight excluding hydrogens is 354 g/mol. The van der Waals surface area contributed by atoms with Crippen molar-refractivity contribution in [2.24, 2.45) is 0 Å². The first kappa shape index (κ1) is 19.4. The summed E-state index contributed by atoms with van der Waals surface area (Å²) in [4.78, 5) is 26.5. The molecule has 28 heavy (non-hydrogen) atoms. The highest BCUT2D eigenvalue weighted by Crippen LogP contribution is 2.18. The summed E-state index contributed by atoms with van der Waals surface area (Å²) in [5, 5.41) is 5.82. The lowest BCUT2D eigenvalue weighted by Crippen LogP contribution is -2.30. The van der Waals surface area contributed by atoms with E-state index in [1.807, 2.05) is 43.3 Å². The van der Waals surface area contributed by atoms with Crippen LogP contribution in [0.2, 0.25) is 0 Å². The van der Waals surface area contributed by atoms with E-state index in [1.165, 1.54) is 0 Å². The number of carbonyl (C=O) groups excluding carboxylic acids is 2. The molecule has 1 aromatic heterocycles. The second kappa shape index (κ2) is 9.53. The van der Waals surface area contributed by atoms with Crippen LogP contribution in [-0.4, -0.2) is 24.9 Å². The van der Waals surface area contributed by atoms with Gasteiger partial charge in [-0.25, -0.2) is 0 Å². The Bertz CT molecular complexity index is 891. The van der Waals surface area contributed by atoms with Gasteiger partial charge in [0.2, 0.25) is 5.91 Å². The molecule has 0 spiro atoms. The molecule has 0 radical (unpaired) electrons. The molecular formula is C22H23N3O3. The molecule has 144 valence electrons. The van der Waals surface area contributed by atoms with E-state index >= 15 is 0 Å². The molecule has 6 nitrogen and oxygen atoms in total. The SMILES string of the molecule is CCN(C(=O)c1ccc(NC(=O)CNCc2ccco2)cc1)c1ccccc1. The molecule has 0 unspecified atom stereocenters. The van der Waals surface area contributed by atoms with E-state index in [0.29, 0.717) is 24.3 Å². The van der Waals surface area contributed by atoms with E-state index in [9.17, 15) is 9.59 Å². The number of amides is 2. The number of carbonyl (C=O) groups is 2. The first-order chi connectivity index (χ1) is 13.7. The fourth-order valence-electron chi connectivity index (χ4n) is 2.82. The Balaban J connectivity index is 1.55. The molecule has 0 aliphatic carbocycles. The summed E-state index contributed by atoms with van der Waals surface area (Å²) in [6, 6.07) is 20.1. The number of hydrogen-bond acceptors (Lipinski definition) is 4. The third-order valence-electron chi connectivity index (χ3n) is 4.21. The third-order valence-corrected chi connectivity index (χ3v) is 4.21. The summed E-state index contributed by atoms with van der Waals surface area (Å²) >= 11 is 0. The zero-order chi connectivity index (χ0) is 19.8. The van der Waals surface area contributed by atoms with Crippen LogP contribution in [0.1, 0.15) is 23.0 Å². The molecule has 0 bridgehead atoms. The van der Waals surface area contributed by atoms with E-state index in [2.05, 4.69) is 10.6 Å². The molecule has 3 aromatic rings. The number of anilines is 2. The Morgan fingerprint density at radius 2 is 1.71 bits per heavy atom. The van der Waals surface area contributed by atoms with Gasteiger partial charge in [-0.3, -0.25) is 9.59 Å². The highest BCUT2D eigenvalue weighted by Gasteiger charge is 2.15. The van der Waals surface area contributed by atoms with Gasteiger partial charge in [0.15, 0.2) is 0 Å². The van der Waals surface area contributed by atoms with Gasteiger partial charge in [-0.05, 0) is 55.5 Å². The van der Waals surface area contributed by atoms with Crippen molar-refractivity contribution in [2.75, 3.05) is 23.3 Å². The van der Waals surface area contributed by atoms with E-state index < -0.39 is 0 Å². The topological polar surface area (TPSA) is 74.6 Å². The second-order valence-electron chi connectivity index (χ2n) is 6.19. The average molecular weight is 377 g/mol. The van der Waals surface area contributed by atoms with Gasteiger partial charge in [0.05, 0.1) is 19.4 Å². The zero-order valence-corrected chi connectivity index (χ0v) is 15.7. The molecule has 3 rings (SSSR count). The molecule has 0 atom stereocenters. The van der Waals surface area contributed by atoms with E-state index in [0.717, 1.165) is 11.4 Å². The Kier molecular flexibility index (Phi) is 6.59. The maximum atomic E-state index is 12.8. The number of nitrogens with zero attached hydrogens (tertiary/aromatic N) is 1. The fourth-order valence-corrected chi connectivity index (χ4v) is 2.82. The molecule has 0 saturated heterocycles. The monoisotopic (exact) mass is 377 g/mol. The second-order valence-corrected chi connectivity index (χ2v) is 6.19. The molecule has 0 aliphatic heterocycles. The van der Waals surface area contributed by atoms with Crippen LogP contribution >= 0.6 is 0 Å². The van der Waals surface area contributed by atoms with Crippen LogP contribution in [0.3, 0.4) is 0 Å². The van der Waals surface area contributed by atoms with Crippen molar-refractivity contribution >= 4 is 23.2 Å². The Morgan fingerprint density at radius 1 is 0.964 bits per heavy atom.